The van der Waals surface area contributed by atoms with Gasteiger partial charge in [0.05, 0.1) is 18.0 Å². The SMILES string of the molecule is CCCC(C)Oc1nc(N)c2ncc(C(O)c3ccn(C4CCNCC4)c(=O)c3)n2n1. The standard InChI is InChI=1S/C21H29N7O3/c1-3-4-13(2)31-21-25-19(22)20-24-12-16(28(20)26-21)18(30)14-7-10-27(17(29)11-14)15-5-8-23-9-6-15/h7,10-13,15,18,23,30H,3-6,8-9H2,1-2H3,(H2,22,25,26). The first-order chi connectivity index (χ1) is 15.0. The lowest BCUT2D eigenvalue weighted by Crippen LogP contribution is -2.34. The number of nitrogens with zero attached hydrogens (tertiary/aromatic N) is 5. The Morgan fingerprint density at radius 1 is 1.39 bits per heavy atom. The predicted molar refractivity (Wildman–Crippen MR) is 116 cm³/mol. The van der Waals surface area contributed by atoms with E-state index in [1.54, 1.807) is 16.8 Å². The third-order valence-corrected chi connectivity index (χ3v) is 5.67. The van der Waals surface area contributed by atoms with Crippen LogP contribution < -0.4 is 21.3 Å². The molecule has 0 aromatic carbocycles. The zero-order valence-corrected chi connectivity index (χ0v) is 17.9. The molecule has 2 atom stereocenters. The zero-order valence-electron chi connectivity index (χ0n) is 17.9. The zero-order chi connectivity index (χ0) is 22.0. The number of aliphatic hydroxyl groups excluding tert-OH is 1. The van der Waals surface area contributed by atoms with E-state index >= 15 is 0 Å². The number of hydrogen-bond donors (Lipinski definition) is 3. The molecule has 4 rings (SSSR count). The second-order valence-corrected chi connectivity index (χ2v) is 8.00. The number of fused-ring (bicyclic) bond motifs is 1. The van der Waals surface area contributed by atoms with Crippen molar-refractivity contribution in [2.24, 2.45) is 0 Å². The van der Waals surface area contributed by atoms with Gasteiger partial charge < -0.3 is 25.5 Å². The highest BCUT2D eigenvalue weighted by Crippen LogP contribution is 2.25. The number of pyridine rings is 1. The maximum Gasteiger partial charge on any atom is 0.336 e. The van der Waals surface area contributed by atoms with Crippen molar-refractivity contribution in [2.75, 3.05) is 18.8 Å². The monoisotopic (exact) mass is 427 g/mol. The Bertz CT molecular complexity index is 1100. The molecule has 1 saturated heterocycles. The van der Waals surface area contributed by atoms with E-state index in [0.717, 1.165) is 38.8 Å². The van der Waals surface area contributed by atoms with Gasteiger partial charge in [0, 0.05) is 18.3 Å². The number of nitrogens with two attached hydrogens (primary N) is 1. The summed E-state index contributed by atoms with van der Waals surface area (Å²) in [7, 11) is 0. The van der Waals surface area contributed by atoms with Gasteiger partial charge in [0.1, 0.15) is 6.10 Å². The number of nitrogens with one attached hydrogen (secondary N) is 1. The van der Waals surface area contributed by atoms with Crippen LogP contribution in [-0.4, -0.2) is 48.4 Å². The van der Waals surface area contributed by atoms with Crippen molar-refractivity contribution in [1.29, 1.82) is 0 Å². The first kappa shape index (κ1) is 21.3. The molecule has 1 aliphatic rings. The van der Waals surface area contributed by atoms with Gasteiger partial charge in [-0.05, 0) is 50.9 Å². The molecule has 2 unspecified atom stereocenters. The second-order valence-electron chi connectivity index (χ2n) is 8.00. The van der Waals surface area contributed by atoms with Crippen LogP contribution in [0.15, 0.2) is 29.3 Å². The summed E-state index contributed by atoms with van der Waals surface area (Å²) >= 11 is 0. The van der Waals surface area contributed by atoms with Crippen LogP contribution in [-0.2, 0) is 0 Å². The Morgan fingerprint density at radius 3 is 2.87 bits per heavy atom. The van der Waals surface area contributed by atoms with E-state index < -0.39 is 6.10 Å². The predicted octanol–water partition coefficient (Wildman–Crippen LogP) is 1.44. The van der Waals surface area contributed by atoms with Crippen molar-refractivity contribution in [2.45, 2.75) is 57.8 Å². The van der Waals surface area contributed by atoms with Gasteiger partial charge in [-0.15, -0.1) is 5.10 Å². The van der Waals surface area contributed by atoms with Gasteiger partial charge in [-0.3, -0.25) is 4.79 Å². The first-order valence-corrected chi connectivity index (χ1v) is 10.8. The molecule has 3 aromatic heterocycles. The highest BCUT2D eigenvalue weighted by atomic mass is 16.5. The van der Waals surface area contributed by atoms with Crippen molar-refractivity contribution in [1.82, 2.24) is 29.5 Å². The van der Waals surface area contributed by atoms with Crippen LogP contribution in [0.25, 0.3) is 5.65 Å². The van der Waals surface area contributed by atoms with E-state index in [9.17, 15) is 9.90 Å². The van der Waals surface area contributed by atoms with E-state index in [1.807, 2.05) is 6.92 Å². The summed E-state index contributed by atoms with van der Waals surface area (Å²) in [5, 5.41) is 18.7. The summed E-state index contributed by atoms with van der Waals surface area (Å²) in [5.74, 6) is 0.161. The Hall–Kier alpha value is -2.98. The van der Waals surface area contributed by atoms with Crippen LogP contribution in [0.1, 0.15) is 62.9 Å². The number of imidazole rings is 1. The fourth-order valence-electron chi connectivity index (χ4n) is 4.01. The molecule has 4 heterocycles. The van der Waals surface area contributed by atoms with Crippen molar-refractivity contribution < 1.29 is 9.84 Å². The van der Waals surface area contributed by atoms with Gasteiger partial charge in [-0.1, -0.05) is 13.3 Å². The Kier molecular flexibility index (Phi) is 6.19. The van der Waals surface area contributed by atoms with Gasteiger partial charge in [-0.2, -0.15) is 4.98 Å². The minimum absolute atomic E-state index is 0.0682. The molecule has 0 amide bonds. The number of nitrogen functional groups attached to an aromatic ring is 1. The van der Waals surface area contributed by atoms with Crippen LogP contribution in [0, 0.1) is 0 Å². The van der Waals surface area contributed by atoms with Gasteiger partial charge in [0.25, 0.3) is 5.56 Å². The fourth-order valence-corrected chi connectivity index (χ4v) is 4.01. The van der Waals surface area contributed by atoms with E-state index in [4.69, 9.17) is 10.5 Å². The summed E-state index contributed by atoms with van der Waals surface area (Å²) in [6, 6.07) is 3.53. The van der Waals surface area contributed by atoms with Crippen LogP contribution in [0.3, 0.4) is 0 Å². The van der Waals surface area contributed by atoms with Crippen molar-refractivity contribution >= 4 is 11.5 Å². The van der Waals surface area contributed by atoms with Crippen LogP contribution in [0.5, 0.6) is 6.01 Å². The third-order valence-electron chi connectivity index (χ3n) is 5.67. The Labute approximate surface area is 180 Å². The minimum atomic E-state index is -1.10. The third kappa shape index (κ3) is 4.40. The lowest BCUT2D eigenvalue weighted by atomic mass is 10.0. The summed E-state index contributed by atoms with van der Waals surface area (Å²) in [6.45, 7) is 5.80. The summed E-state index contributed by atoms with van der Waals surface area (Å²) in [4.78, 5) is 21.1. The average molecular weight is 428 g/mol. The van der Waals surface area contributed by atoms with Gasteiger partial charge in [0.15, 0.2) is 11.5 Å². The van der Waals surface area contributed by atoms with E-state index in [0.29, 0.717) is 16.9 Å². The molecule has 10 heteroatoms. The van der Waals surface area contributed by atoms with Crippen molar-refractivity contribution in [3.63, 3.8) is 0 Å². The minimum Gasteiger partial charge on any atom is -0.459 e. The molecule has 0 saturated carbocycles. The molecule has 31 heavy (non-hydrogen) atoms. The molecule has 0 spiro atoms. The molecular formula is C21H29N7O3. The molecule has 1 aliphatic heterocycles. The Balaban J connectivity index is 1.64. The molecule has 4 N–H and O–H groups in total. The fraction of sp³-hybridized carbons (Fsp3) is 0.524. The van der Waals surface area contributed by atoms with Gasteiger partial charge in [0.2, 0.25) is 0 Å². The van der Waals surface area contributed by atoms with Crippen LogP contribution in [0.2, 0.25) is 0 Å². The highest BCUT2D eigenvalue weighted by Gasteiger charge is 2.22. The summed E-state index contributed by atoms with van der Waals surface area (Å²) < 4.78 is 8.94. The number of hydrogen-bond acceptors (Lipinski definition) is 8. The molecule has 166 valence electrons. The molecule has 3 aromatic rings. The smallest absolute Gasteiger partial charge is 0.336 e. The molecule has 10 nitrogen and oxygen atoms in total. The van der Waals surface area contributed by atoms with E-state index in [1.165, 1.54) is 16.8 Å². The molecule has 1 fully saturated rings. The maximum atomic E-state index is 12.7. The van der Waals surface area contributed by atoms with Gasteiger partial charge in [-0.25, -0.2) is 9.50 Å². The normalized spacial score (nSPS) is 17.0. The average Bonchev–Trinajstić information content (AvgIpc) is 3.18. The molecule has 0 aliphatic carbocycles. The van der Waals surface area contributed by atoms with Crippen LogP contribution in [0.4, 0.5) is 5.82 Å². The summed E-state index contributed by atoms with van der Waals surface area (Å²) in [5.41, 5.74) is 7.08. The lowest BCUT2D eigenvalue weighted by molar-refractivity contribution is 0.187. The molecule has 0 bridgehead atoms. The number of piperidine rings is 1. The van der Waals surface area contributed by atoms with Crippen molar-refractivity contribution in [3.05, 3.63) is 46.1 Å². The van der Waals surface area contributed by atoms with E-state index in [2.05, 4.69) is 27.3 Å². The number of rotatable bonds is 7. The second kappa shape index (κ2) is 9.03. The first-order valence-electron chi connectivity index (χ1n) is 10.8. The van der Waals surface area contributed by atoms with E-state index in [-0.39, 0.29) is 29.5 Å². The van der Waals surface area contributed by atoms with Gasteiger partial charge >= 0.3 is 6.01 Å². The highest BCUT2D eigenvalue weighted by molar-refractivity contribution is 5.60. The number of ether oxygens (including phenoxy) is 1. The summed E-state index contributed by atoms with van der Waals surface area (Å²) in [6.07, 6.45) is 5.72. The van der Waals surface area contributed by atoms with Crippen molar-refractivity contribution in [3.8, 4) is 6.01 Å². The Morgan fingerprint density at radius 2 is 2.16 bits per heavy atom. The number of anilines is 1. The molecular weight excluding hydrogens is 398 g/mol. The largest absolute Gasteiger partial charge is 0.459 e. The number of aromatic nitrogens is 5. The number of aliphatic hydroxyl groups is 1. The topological polar surface area (TPSA) is 133 Å². The quantitative estimate of drug-likeness (QED) is 0.516. The lowest BCUT2D eigenvalue weighted by Gasteiger charge is -2.25. The maximum absolute atomic E-state index is 12.7. The van der Waals surface area contributed by atoms with Crippen LogP contribution >= 0.6 is 0 Å². The molecule has 0 radical (unpaired) electrons.